The minimum atomic E-state index is -0.230. The highest BCUT2D eigenvalue weighted by Crippen LogP contribution is 2.23. The lowest BCUT2D eigenvalue weighted by Crippen LogP contribution is -2.41. The van der Waals surface area contributed by atoms with E-state index < -0.39 is 0 Å². The van der Waals surface area contributed by atoms with Gasteiger partial charge in [-0.2, -0.15) is 0 Å². The van der Waals surface area contributed by atoms with Crippen LogP contribution in [0, 0.1) is 26.7 Å². The molecule has 2 N–H and O–H groups in total. The van der Waals surface area contributed by atoms with Crippen molar-refractivity contribution in [3.05, 3.63) is 51.4 Å². The Morgan fingerprint density at radius 3 is 2.36 bits per heavy atom. The molecule has 1 aromatic heterocycles. The molecule has 1 amide bonds. The molecule has 1 aromatic carbocycles. The molecule has 2 aromatic rings. The lowest BCUT2D eigenvalue weighted by atomic mass is 9.87. The van der Waals surface area contributed by atoms with Gasteiger partial charge in [-0.25, -0.2) is 4.98 Å². The average Bonchev–Trinajstić information content (AvgIpc) is 2.59. The van der Waals surface area contributed by atoms with Crippen molar-refractivity contribution in [1.29, 1.82) is 0 Å². The third-order valence-corrected chi connectivity index (χ3v) is 5.30. The lowest BCUT2D eigenvalue weighted by Gasteiger charge is -2.27. The van der Waals surface area contributed by atoms with E-state index in [1.807, 2.05) is 26.0 Å². The number of anilines is 2. The van der Waals surface area contributed by atoms with Gasteiger partial charge in [0.2, 0.25) is 11.9 Å². The summed E-state index contributed by atoms with van der Waals surface area (Å²) in [5.41, 5.74) is 3.48. The molecule has 1 aliphatic rings. The van der Waals surface area contributed by atoms with Crippen LogP contribution in [0.1, 0.15) is 49.4 Å². The summed E-state index contributed by atoms with van der Waals surface area (Å²) in [6.45, 7) is 8.04. The summed E-state index contributed by atoms with van der Waals surface area (Å²) in [6, 6.07) is 7.74. The molecule has 1 aliphatic carbocycles. The van der Waals surface area contributed by atoms with E-state index in [9.17, 15) is 9.59 Å². The fourth-order valence-corrected chi connectivity index (χ4v) is 3.87. The number of amides is 1. The van der Waals surface area contributed by atoms with E-state index in [0.29, 0.717) is 11.6 Å². The Morgan fingerprint density at radius 1 is 1.07 bits per heavy atom. The van der Waals surface area contributed by atoms with Gasteiger partial charge < -0.3 is 10.6 Å². The molecular weight excluding hydrogens is 352 g/mol. The minimum Gasteiger partial charge on any atom is -0.352 e. The highest BCUT2D eigenvalue weighted by atomic mass is 16.2. The van der Waals surface area contributed by atoms with Crippen LogP contribution in [0.4, 0.5) is 11.6 Å². The van der Waals surface area contributed by atoms with Crippen LogP contribution in [0.3, 0.4) is 0 Å². The topological polar surface area (TPSA) is 76.0 Å². The monoisotopic (exact) mass is 382 g/mol. The van der Waals surface area contributed by atoms with Gasteiger partial charge in [-0.1, -0.05) is 13.0 Å². The number of carbonyl (C=O) groups is 1. The second-order valence-electron chi connectivity index (χ2n) is 8.17. The largest absolute Gasteiger partial charge is 0.352 e. The number of carbonyl (C=O) groups excluding carboxylic acids is 1. The Balaban J connectivity index is 1.78. The summed E-state index contributed by atoms with van der Waals surface area (Å²) < 4.78 is 1.41. The number of benzene rings is 1. The molecule has 0 aliphatic heterocycles. The number of aromatic nitrogens is 2. The van der Waals surface area contributed by atoms with Gasteiger partial charge >= 0.3 is 0 Å². The maximum absolute atomic E-state index is 12.6. The fraction of sp³-hybridized carbons (Fsp3) is 0.500. The number of aryl methyl sites for hydroxylation is 3. The van der Waals surface area contributed by atoms with Crippen molar-refractivity contribution in [3.8, 4) is 0 Å². The van der Waals surface area contributed by atoms with Crippen molar-refractivity contribution in [2.45, 2.75) is 66.0 Å². The molecular formula is C22H30N4O2. The maximum atomic E-state index is 12.6. The number of hydrogen-bond acceptors (Lipinski definition) is 4. The van der Waals surface area contributed by atoms with Crippen LogP contribution < -0.4 is 16.2 Å². The van der Waals surface area contributed by atoms with Gasteiger partial charge in [0.25, 0.3) is 5.56 Å². The molecule has 6 heteroatoms. The van der Waals surface area contributed by atoms with Crippen LogP contribution in [0.25, 0.3) is 0 Å². The quantitative estimate of drug-likeness (QED) is 0.828. The van der Waals surface area contributed by atoms with Gasteiger partial charge in [0.05, 0.1) is 0 Å². The summed E-state index contributed by atoms with van der Waals surface area (Å²) in [6.07, 6.45) is 4.27. The zero-order valence-corrected chi connectivity index (χ0v) is 17.2. The molecule has 0 saturated heterocycles. The highest BCUT2D eigenvalue weighted by Gasteiger charge is 2.20. The lowest BCUT2D eigenvalue weighted by molar-refractivity contribution is -0.122. The van der Waals surface area contributed by atoms with Crippen molar-refractivity contribution in [1.82, 2.24) is 14.9 Å². The minimum absolute atomic E-state index is 0.0364. The summed E-state index contributed by atoms with van der Waals surface area (Å²) in [5.74, 6) is 0.976. The Hall–Kier alpha value is -2.63. The van der Waals surface area contributed by atoms with Crippen LogP contribution in [0.15, 0.2) is 29.1 Å². The predicted molar refractivity (Wildman–Crippen MR) is 112 cm³/mol. The third-order valence-electron chi connectivity index (χ3n) is 5.30. The molecule has 3 rings (SSSR count). The van der Waals surface area contributed by atoms with Crippen LogP contribution in [0.2, 0.25) is 0 Å². The van der Waals surface area contributed by atoms with Gasteiger partial charge in [-0.15, -0.1) is 0 Å². The molecule has 28 heavy (non-hydrogen) atoms. The molecule has 0 spiro atoms. The van der Waals surface area contributed by atoms with Crippen molar-refractivity contribution < 1.29 is 4.79 Å². The number of nitrogens with one attached hydrogen (secondary N) is 2. The molecule has 0 unspecified atom stereocenters. The van der Waals surface area contributed by atoms with Crippen LogP contribution >= 0.6 is 0 Å². The second-order valence-corrected chi connectivity index (χ2v) is 8.17. The van der Waals surface area contributed by atoms with Crippen LogP contribution in [-0.2, 0) is 11.3 Å². The standard InChI is InChI=1S/C22H30N4O2/c1-14-5-7-18(8-6-14)24-20(27)13-26-21(28)12-17(4)23-22(26)25-19-10-15(2)9-16(3)11-19/h9-12,14,18H,5-8,13H2,1-4H3,(H,23,25)(H,24,27). The SMILES string of the molecule is Cc1cc(C)cc(Nc2nc(C)cc(=O)n2CC(=O)NC2CCC(C)CC2)c1. The molecule has 0 bridgehead atoms. The smallest absolute Gasteiger partial charge is 0.255 e. The molecule has 0 radical (unpaired) electrons. The highest BCUT2D eigenvalue weighted by molar-refractivity contribution is 5.76. The van der Waals surface area contributed by atoms with Crippen molar-refractivity contribution in [2.75, 3.05) is 5.32 Å². The molecule has 1 fully saturated rings. The normalized spacial score (nSPS) is 19.3. The van der Waals surface area contributed by atoms with E-state index in [1.165, 1.54) is 10.6 Å². The Morgan fingerprint density at radius 2 is 1.71 bits per heavy atom. The number of hydrogen-bond donors (Lipinski definition) is 2. The number of nitrogens with zero attached hydrogens (tertiary/aromatic N) is 2. The Bertz CT molecular complexity index is 891. The first kappa shape index (κ1) is 20.1. The van der Waals surface area contributed by atoms with Crippen molar-refractivity contribution in [3.63, 3.8) is 0 Å². The van der Waals surface area contributed by atoms with E-state index in [2.05, 4.69) is 28.6 Å². The van der Waals surface area contributed by atoms with Crippen LogP contribution in [-0.4, -0.2) is 21.5 Å². The van der Waals surface area contributed by atoms with E-state index in [0.717, 1.165) is 48.4 Å². The molecule has 1 heterocycles. The zero-order valence-electron chi connectivity index (χ0n) is 17.2. The second kappa shape index (κ2) is 8.59. The van der Waals surface area contributed by atoms with E-state index in [4.69, 9.17) is 0 Å². The Kier molecular flexibility index (Phi) is 6.17. The summed E-state index contributed by atoms with van der Waals surface area (Å²) in [7, 11) is 0. The number of rotatable bonds is 5. The zero-order chi connectivity index (χ0) is 20.3. The maximum Gasteiger partial charge on any atom is 0.255 e. The van der Waals surface area contributed by atoms with E-state index in [1.54, 1.807) is 6.92 Å². The fourth-order valence-electron chi connectivity index (χ4n) is 3.87. The molecule has 0 atom stereocenters. The van der Waals surface area contributed by atoms with Gasteiger partial charge in [-0.3, -0.25) is 14.2 Å². The van der Waals surface area contributed by atoms with E-state index in [-0.39, 0.29) is 24.1 Å². The van der Waals surface area contributed by atoms with Gasteiger partial charge in [0, 0.05) is 23.5 Å². The summed E-state index contributed by atoms with van der Waals surface area (Å²) >= 11 is 0. The first-order chi connectivity index (χ1) is 13.3. The van der Waals surface area contributed by atoms with E-state index >= 15 is 0 Å². The third kappa shape index (κ3) is 5.21. The molecule has 150 valence electrons. The first-order valence-electron chi connectivity index (χ1n) is 10.0. The van der Waals surface area contributed by atoms with Crippen LogP contribution in [0.5, 0.6) is 0 Å². The first-order valence-corrected chi connectivity index (χ1v) is 10.0. The van der Waals surface area contributed by atoms with Crippen molar-refractivity contribution >= 4 is 17.5 Å². The van der Waals surface area contributed by atoms with Gasteiger partial charge in [0.15, 0.2) is 0 Å². The van der Waals surface area contributed by atoms with Crippen molar-refractivity contribution in [2.24, 2.45) is 5.92 Å². The summed E-state index contributed by atoms with van der Waals surface area (Å²) in [4.78, 5) is 29.6. The molecule has 1 saturated carbocycles. The van der Waals surface area contributed by atoms with Gasteiger partial charge in [-0.05, 0) is 75.6 Å². The predicted octanol–water partition coefficient (Wildman–Crippen LogP) is 3.61. The molecule has 6 nitrogen and oxygen atoms in total. The van der Waals surface area contributed by atoms with Gasteiger partial charge in [0.1, 0.15) is 6.54 Å². The Labute approximate surface area is 166 Å². The summed E-state index contributed by atoms with van der Waals surface area (Å²) in [5, 5.41) is 6.31. The average molecular weight is 383 g/mol.